The molecule has 2 N–H and O–H groups in total. The highest BCUT2D eigenvalue weighted by Crippen LogP contribution is 2.42. The smallest absolute Gasteiger partial charge is 0.328 e. The summed E-state index contributed by atoms with van der Waals surface area (Å²) in [6, 6.07) is 23.7. The molecule has 0 saturated heterocycles. The third-order valence-corrected chi connectivity index (χ3v) is 6.92. The first-order valence-electron chi connectivity index (χ1n) is 14.1. The van der Waals surface area contributed by atoms with Crippen molar-refractivity contribution in [2.75, 3.05) is 36.5 Å². The van der Waals surface area contributed by atoms with Crippen LogP contribution in [0.15, 0.2) is 97.1 Å². The zero-order valence-corrected chi connectivity index (χ0v) is 25.5. The lowest BCUT2D eigenvalue weighted by atomic mass is 10.1. The normalized spacial score (nSPS) is 12.5. The second-order valence-electron chi connectivity index (χ2n) is 10.2. The molecular formula is C34H36ClN3O6. The molecule has 0 spiro atoms. The number of unbranched alkanes of at least 4 members (excludes halogenated alkanes) is 1. The van der Waals surface area contributed by atoms with Crippen molar-refractivity contribution >= 4 is 52.3 Å². The number of anilines is 3. The van der Waals surface area contributed by atoms with E-state index in [9.17, 15) is 19.2 Å². The van der Waals surface area contributed by atoms with Gasteiger partial charge < -0.3 is 24.9 Å². The van der Waals surface area contributed by atoms with E-state index in [0.717, 1.165) is 55.1 Å². The van der Waals surface area contributed by atoms with E-state index >= 15 is 0 Å². The van der Waals surface area contributed by atoms with Crippen molar-refractivity contribution in [2.45, 2.75) is 26.3 Å². The van der Waals surface area contributed by atoms with Gasteiger partial charge in [-0.25, -0.2) is 9.59 Å². The van der Waals surface area contributed by atoms with Gasteiger partial charge in [0.1, 0.15) is 0 Å². The van der Waals surface area contributed by atoms with Crippen LogP contribution in [0.5, 0.6) is 0 Å². The van der Waals surface area contributed by atoms with E-state index in [1.165, 1.54) is 0 Å². The Morgan fingerprint density at radius 3 is 2.05 bits per heavy atom. The Hall–Kier alpha value is -4.73. The Bertz CT molecular complexity index is 1510. The van der Waals surface area contributed by atoms with Gasteiger partial charge in [0, 0.05) is 30.3 Å². The fourth-order valence-electron chi connectivity index (χ4n) is 4.66. The number of carbonyl (C=O) groups is 4. The Morgan fingerprint density at radius 2 is 1.43 bits per heavy atom. The number of hydrogen-bond donors (Lipinski definition) is 2. The van der Waals surface area contributed by atoms with Crippen LogP contribution in [0.3, 0.4) is 0 Å². The van der Waals surface area contributed by atoms with Crippen molar-refractivity contribution in [3.63, 3.8) is 0 Å². The summed E-state index contributed by atoms with van der Waals surface area (Å²) in [5.41, 5.74) is 4.46. The molecule has 0 bridgehead atoms. The zero-order valence-electron chi connectivity index (χ0n) is 24.7. The summed E-state index contributed by atoms with van der Waals surface area (Å²) in [6.07, 6.45) is 6.56. The van der Waals surface area contributed by atoms with Crippen molar-refractivity contribution in [2.24, 2.45) is 0 Å². The Kier molecular flexibility index (Phi) is 12.9. The molecule has 3 aromatic rings. The van der Waals surface area contributed by atoms with Gasteiger partial charge in [-0.15, -0.1) is 0 Å². The van der Waals surface area contributed by atoms with Gasteiger partial charge >= 0.3 is 11.9 Å². The number of amides is 1. The van der Waals surface area contributed by atoms with E-state index in [1.807, 2.05) is 71.6 Å². The highest BCUT2D eigenvalue weighted by molar-refractivity contribution is 6.31. The summed E-state index contributed by atoms with van der Waals surface area (Å²) in [4.78, 5) is 50.4. The Balaban J connectivity index is 0.000000583. The molecule has 1 heterocycles. The predicted octanol–water partition coefficient (Wildman–Crippen LogP) is 6.21. The SMILES string of the molecule is CC(=O)/C=C/CN(C)CCCCN1c2cc(Cl)ccc2C(=O)N(Cc2ccccc2)c2ccccc21.O=C(O)/C=C\C(=O)O. The number of benzene rings is 3. The van der Waals surface area contributed by atoms with Crippen molar-refractivity contribution in [3.05, 3.63) is 113 Å². The molecular weight excluding hydrogens is 582 g/mol. The fraction of sp³-hybridized carbons (Fsp3) is 0.235. The van der Waals surface area contributed by atoms with Gasteiger partial charge in [-0.1, -0.05) is 60.1 Å². The third kappa shape index (κ3) is 10.2. The monoisotopic (exact) mass is 617 g/mol. The number of para-hydroxylation sites is 2. The van der Waals surface area contributed by atoms with Crippen LogP contribution in [0.1, 0.15) is 35.7 Å². The highest BCUT2D eigenvalue weighted by atomic mass is 35.5. The first kappa shape index (κ1) is 33.8. The number of hydrogen-bond acceptors (Lipinski definition) is 6. The molecule has 0 radical (unpaired) electrons. The number of rotatable bonds is 12. The Morgan fingerprint density at radius 1 is 0.818 bits per heavy atom. The molecule has 0 aliphatic carbocycles. The first-order valence-corrected chi connectivity index (χ1v) is 14.5. The van der Waals surface area contributed by atoms with Gasteiger partial charge in [0.2, 0.25) is 0 Å². The minimum Gasteiger partial charge on any atom is -0.478 e. The summed E-state index contributed by atoms with van der Waals surface area (Å²) >= 11 is 6.42. The van der Waals surface area contributed by atoms with E-state index in [0.29, 0.717) is 29.3 Å². The maximum absolute atomic E-state index is 13.8. The molecule has 3 aromatic carbocycles. The van der Waals surface area contributed by atoms with E-state index in [4.69, 9.17) is 21.8 Å². The van der Waals surface area contributed by atoms with Gasteiger partial charge in [-0.2, -0.15) is 0 Å². The van der Waals surface area contributed by atoms with Crippen LogP contribution in [-0.4, -0.2) is 65.4 Å². The van der Waals surface area contributed by atoms with Crippen LogP contribution in [0.25, 0.3) is 0 Å². The van der Waals surface area contributed by atoms with E-state index in [1.54, 1.807) is 19.1 Å². The quantitative estimate of drug-likeness (QED) is 0.182. The molecule has 0 atom stereocenters. The van der Waals surface area contributed by atoms with Crippen molar-refractivity contribution in [1.29, 1.82) is 0 Å². The molecule has 0 aromatic heterocycles. The van der Waals surface area contributed by atoms with Gasteiger partial charge in [0.15, 0.2) is 5.78 Å². The standard InChI is InChI=1S/C30H32ClN3O2.C4H4O4/c1-23(35)11-10-19-32(2)18-8-9-20-33-27-14-6-7-15-28(27)34(22-24-12-4-3-5-13-24)30(36)26-17-16-25(31)21-29(26)33;5-3(6)1-2-4(7)8/h3-7,10-17,21H,8-9,18-20,22H2,1-2H3;1-2H,(H,5,6)(H,7,8)/b11-10+;2-1-. The number of halogens is 1. The summed E-state index contributed by atoms with van der Waals surface area (Å²) in [7, 11) is 2.06. The number of carboxylic acid groups (broad SMARTS) is 2. The highest BCUT2D eigenvalue weighted by Gasteiger charge is 2.31. The van der Waals surface area contributed by atoms with Gasteiger partial charge in [-0.05, 0) is 75.3 Å². The molecule has 0 fully saturated rings. The summed E-state index contributed by atoms with van der Waals surface area (Å²) < 4.78 is 0. The number of fused-ring (bicyclic) bond motifs is 2. The lowest BCUT2D eigenvalue weighted by Gasteiger charge is -2.28. The number of carboxylic acids is 2. The lowest BCUT2D eigenvalue weighted by molar-refractivity contribution is -0.134. The predicted molar refractivity (Wildman–Crippen MR) is 173 cm³/mol. The molecule has 9 nitrogen and oxygen atoms in total. The summed E-state index contributed by atoms with van der Waals surface area (Å²) in [5, 5.41) is 16.2. The molecule has 4 rings (SSSR count). The Labute approximate surface area is 262 Å². The number of aliphatic carboxylic acids is 2. The van der Waals surface area contributed by atoms with Crippen molar-refractivity contribution < 1.29 is 29.4 Å². The number of nitrogens with zero attached hydrogens (tertiary/aromatic N) is 3. The van der Waals surface area contributed by atoms with Crippen molar-refractivity contribution in [3.8, 4) is 0 Å². The van der Waals surface area contributed by atoms with Gasteiger partial charge in [0.25, 0.3) is 5.91 Å². The average molecular weight is 618 g/mol. The van der Waals surface area contributed by atoms with E-state index in [-0.39, 0.29) is 11.7 Å². The van der Waals surface area contributed by atoms with Gasteiger partial charge in [-0.3, -0.25) is 9.59 Å². The molecule has 0 saturated carbocycles. The second-order valence-corrected chi connectivity index (χ2v) is 10.6. The van der Waals surface area contributed by atoms with Gasteiger partial charge in [0.05, 0.1) is 29.2 Å². The fourth-order valence-corrected chi connectivity index (χ4v) is 4.83. The molecule has 1 aliphatic heterocycles. The largest absolute Gasteiger partial charge is 0.478 e. The third-order valence-electron chi connectivity index (χ3n) is 6.68. The molecule has 1 aliphatic rings. The maximum Gasteiger partial charge on any atom is 0.328 e. The molecule has 10 heteroatoms. The zero-order chi connectivity index (χ0) is 32.1. The lowest BCUT2D eigenvalue weighted by Crippen LogP contribution is -2.29. The number of allylic oxidation sites excluding steroid dienone is 1. The average Bonchev–Trinajstić information content (AvgIpc) is 3.07. The van der Waals surface area contributed by atoms with Crippen molar-refractivity contribution in [1.82, 2.24) is 4.90 Å². The minimum absolute atomic E-state index is 0.0301. The first-order chi connectivity index (χ1) is 21.1. The minimum atomic E-state index is -1.26. The molecule has 1 amide bonds. The molecule has 0 unspecified atom stereocenters. The van der Waals surface area contributed by atoms with E-state index < -0.39 is 11.9 Å². The van der Waals surface area contributed by atoms with Crippen LogP contribution in [0.4, 0.5) is 17.1 Å². The topological polar surface area (TPSA) is 118 Å². The molecule has 230 valence electrons. The van der Waals surface area contributed by atoms with Crippen LogP contribution in [-0.2, 0) is 20.9 Å². The molecule has 44 heavy (non-hydrogen) atoms. The second kappa shape index (κ2) is 16.8. The summed E-state index contributed by atoms with van der Waals surface area (Å²) in [5.74, 6) is -2.48. The van der Waals surface area contributed by atoms with Crippen LogP contribution >= 0.6 is 11.6 Å². The van der Waals surface area contributed by atoms with Crippen LogP contribution < -0.4 is 9.80 Å². The van der Waals surface area contributed by atoms with Crippen LogP contribution in [0.2, 0.25) is 5.02 Å². The van der Waals surface area contributed by atoms with Crippen LogP contribution in [0, 0.1) is 0 Å². The number of likely N-dealkylation sites (N-methyl/N-ethyl adjacent to an activating group) is 1. The summed E-state index contributed by atoms with van der Waals surface area (Å²) in [6.45, 7) is 4.47. The number of carbonyl (C=O) groups excluding carboxylic acids is 2. The number of ketones is 1. The maximum atomic E-state index is 13.8. The van der Waals surface area contributed by atoms with E-state index in [2.05, 4.69) is 22.9 Å².